The Kier molecular flexibility index (Phi) is 6.87. The highest BCUT2D eigenvalue weighted by atomic mass is 32.2. The number of amides is 1. The van der Waals surface area contributed by atoms with Crippen LogP contribution in [0.2, 0.25) is 0 Å². The third-order valence-electron chi connectivity index (χ3n) is 5.21. The Morgan fingerprint density at radius 2 is 1.83 bits per heavy atom. The van der Waals surface area contributed by atoms with E-state index in [0.29, 0.717) is 25.3 Å². The van der Waals surface area contributed by atoms with E-state index in [-0.39, 0.29) is 16.6 Å². The minimum Gasteiger partial charge on any atom is -0.371 e. The Bertz CT molecular complexity index is 931. The van der Waals surface area contributed by atoms with Crippen LogP contribution in [0.1, 0.15) is 18.4 Å². The molecule has 1 saturated heterocycles. The number of hydrogen-bond acceptors (Lipinski definition) is 4. The average Bonchev–Trinajstić information content (AvgIpc) is 3.20. The molecule has 0 bridgehead atoms. The molecule has 2 aromatic rings. The molecule has 2 aromatic carbocycles. The highest BCUT2D eigenvalue weighted by Gasteiger charge is 2.23. The summed E-state index contributed by atoms with van der Waals surface area (Å²) >= 11 is 0. The maximum absolute atomic E-state index is 13.0. The van der Waals surface area contributed by atoms with Crippen LogP contribution in [0.25, 0.3) is 0 Å². The minimum absolute atomic E-state index is 0.0165. The highest BCUT2D eigenvalue weighted by Crippen LogP contribution is 2.23. The molecule has 3 rings (SSSR count). The van der Waals surface area contributed by atoms with E-state index in [1.807, 2.05) is 0 Å². The average molecular weight is 420 g/mol. The van der Waals surface area contributed by atoms with Gasteiger partial charge in [-0.25, -0.2) is 17.5 Å². The van der Waals surface area contributed by atoms with E-state index in [9.17, 15) is 17.6 Å². The van der Waals surface area contributed by atoms with Crippen molar-refractivity contribution in [1.29, 1.82) is 0 Å². The van der Waals surface area contributed by atoms with Crippen LogP contribution in [0.15, 0.2) is 53.4 Å². The smallest absolute Gasteiger partial charge is 0.240 e. The molecule has 0 radical (unpaired) electrons. The summed E-state index contributed by atoms with van der Waals surface area (Å²) in [5.41, 5.74) is 1.92. The zero-order valence-electron chi connectivity index (χ0n) is 16.4. The lowest BCUT2D eigenvalue weighted by molar-refractivity contribution is -0.121. The molecule has 0 saturated carbocycles. The van der Waals surface area contributed by atoms with Crippen molar-refractivity contribution >= 4 is 21.6 Å². The number of halogens is 1. The van der Waals surface area contributed by atoms with Gasteiger partial charge < -0.3 is 10.2 Å². The molecule has 0 aliphatic carbocycles. The van der Waals surface area contributed by atoms with Crippen molar-refractivity contribution in [3.8, 4) is 0 Å². The standard InChI is InChI=1S/C21H26FN3O3S/c1-23-29(27,28)20-9-2-16(3-10-20)4-11-21(26)24-14-17-12-13-25(15-17)19-7-5-18(22)6-8-19/h2-3,5-10,17,23H,4,11-15H2,1H3,(H,24,26). The van der Waals surface area contributed by atoms with E-state index < -0.39 is 10.0 Å². The summed E-state index contributed by atoms with van der Waals surface area (Å²) in [5.74, 6) is 0.113. The number of anilines is 1. The third kappa shape index (κ3) is 5.77. The summed E-state index contributed by atoms with van der Waals surface area (Å²) in [4.78, 5) is 14.6. The molecular formula is C21H26FN3O3S. The van der Waals surface area contributed by atoms with E-state index >= 15 is 0 Å². The number of rotatable bonds is 8. The molecule has 1 aliphatic rings. The van der Waals surface area contributed by atoms with Gasteiger partial charge in [0, 0.05) is 31.7 Å². The second-order valence-electron chi connectivity index (χ2n) is 7.23. The normalized spacial score (nSPS) is 16.8. The number of carbonyl (C=O) groups excluding carboxylic acids is 1. The van der Waals surface area contributed by atoms with Gasteiger partial charge in [0.2, 0.25) is 15.9 Å². The number of sulfonamides is 1. The van der Waals surface area contributed by atoms with Crippen LogP contribution in [0.3, 0.4) is 0 Å². The first-order valence-electron chi connectivity index (χ1n) is 9.67. The SMILES string of the molecule is CNS(=O)(=O)c1ccc(CCC(=O)NCC2CCN(c3ccc(F)cc3)C2)cc1. The van der Waals surface area contributed by atoms with Crippen molar-refractivity contribution in [1.82, 2.24) is 10.0 Å². The van der Waals surface area contributed by atoms with E-state index in [4.69, 9.17) is 0 Å². The molecular weight excluding hydrogens is 393 g/mol. The van der Waals surface area contributed by atoms with Crippen molar-refractivity contribution in [2.45, 2.75) is 24.2 Å². The summed E-state index contributed by atoms with van der Waals surface area (Å²) in [6.45, 7) is 2.36. The fraction of sp³-hybridized carbons (Fsp3) is 0.381. The van der Waals surface area contributed by atoms with E-state index in [1.54, 1.807) is 36.4 Å². The molecule has 1 atom stereocenters. The van der Waals surface area contributed by atoms with E-state index in [2.05, 4.69) is 14.9 Å². The summed E-state index contributed by atoms with van der Waals surface area (Å²) in [6.07, 6.45) is 1.89. The summed E-state index contributed by atoms with van der Waals surface area (Å²) in [5, 5.41) is 2.99. The monoisotopic (exact) mass is 419 g/mol. The lowest BCUT2D eigenvalue weighted by Gasteiger charge is -2.18. The molecule has 8 heteroatoms. The molecule has 6 nitrogen and oxygen atoms in total. The van der Waals surface area contributed by atoms with Crippen LogP contribution in [-0.2, 0) is 21.2 Å². The van der Waals surface area contributed by atoms with Crippen LogP contribution in [0, 0.1) is 11.7 Å². The molecule has 2 N–H and O–H groups in total. The van der Waals surface area contributed by atoms with Crippen LogP contribution < -0.4 is 14.9 Å². The summed E-state index contributed by atoms with van der Waals surface area (Å²) < 4.78 is 38.8. The number of aryl methyl sites for hydroxylation is 1. The van der Waals surface area contributed by atoms with Crippen LogP contribution in [0.5, 0.6) is 0 Å². The number of hydrogen-bond donors (Lipinski definition) is 2. The molecule has 1 heterocycles. The molecule has 1 amide bonds. The predicted octanol–water partition coefficient (Wildman–Crippen LogP) is 2.31. The van der Waals surface area contributed by atoms with Gasteiger partial charge in [0.1, 0.15) is 5.82 Å². The zero-order valence-corrected chi connectivity index (χ0v) is 17.2. The first kappa shape index (κ1) is 21.3. The number of nitrogens with zero attached hydrogens (tertiary/aromatic N) is 1. The molecule has 156 valence electrons. The Morgan fingerprint density at radius 3 is 2.48 bits per heavy atom. The van der Waals surface area contributed by atoms with Gasteiger partial charge in [-0.05, 0) is 67.8 Å². The van der Waals surface area contributed by atoms with Gasteiger partial charge in [0.15, 0.2) is 0 Å². The van der Waals surface area contributed by atoms with Crippen molar-refractivity contribution < 1.29 is 17.6 Å². The maximum atomic E-state index is 13.0. The van der Waals surface area contributed by atoms with Gasteiger partial charge in [-0.2, -0.15) is 0 Å². The van der Waals surface area contributed by atoms with Gasteiger partial charge in [-0.3, -0.25) is 4.79 Å². The molecule has 1 aliphatic heterocycles. The maximum Gasteiger partial charge on any atom is 0.240 e. The quantitative estimate of drug-likeness (QED) is 0.688. The second kappa shape index (κ2) is 9.37. The van der Waals surface area contributed by atoms with Crippen molar-refractivity contribution in [3.05, 3.63) is 59.9 Å². The number of nitrogens with one attached hydrogen (secondary N) is 2. The predicted molar refractivity (Wildman–Crippen MR) is 111 cm³/mol. The van der Waals surface area contributed by atoms with Gasteiger partial charge >= 0.3 is 0 Å². The van der Waals surface area contributed by atoms with E-state index in [0.717, 1.165) is 30.8 Å². The minimum atomic E-state index is -3.44. The second-order valence-corrected chi connectivity index (χ2v) is 9.12. The summed E-state index contributed by atoms with van der Waals surface area (Å²) in [7, 11) is -2.07. The Labute approximate surface area is 171 Å². The Hall–Kier alpha value is -2.45. The lowest BCUT2D eigenvalue weighted by Crippen LogP contribution is -2.31. The zero-order chi connectivity index (χ0) is 20.9. The number of carbonyl (C=O) groups is 1. The molecule has 1 unspecified atom stereocenters. The van der Waals surface area contributed by atoms with Crippen LogP contribution >= 0.6 is 0 Å². The topological polar surface area (TPSA) is 78.5 Å². The Morgan fingerprint density at radius 1 is 1.14 bits per heavy atom. The fourth-order valence-corrected chi connectivity index (χ4v) is 4.17. The molecule has 29 heavy (non-hydrogen) atoms. The lowest BCUT2D eigenvalue weighted by atomic mass is 10.1. The molecule has 1 fully saturated rings. The first-order valence-corrected chi connectivity index (χ1v) is 11.2. The van der Waals surface area contributed by atoms with Crippen LogP contribution in [0.4, 0.5) is 10.1 Å². The van der Waals surface area contributed by atoms with Crippen molar-refractivity contribution in [2.75, 3.05) is 31.6 Å². The largest absolute Gasteiger partial charge is 0.371 e. The van der Waals surface area contributed by atoms with Crippen molar-refractivity contribution in [2.24, 2.45) is 5.92 Å². The molecule has 0 spiro atoms. The summed E-state index contributed by atoms with van der Waals surface area (Å²) in [6, 6.07) is 13.0. The number of benzene rings is 2. The van der Waals surface area contributed by atoms with Crippen LogP contribution in [-0.4, -0.2) is 41.0 Å². The third-order valence-corrected chi connectivity index (χ3v) is 6.64. The van der Waals surface area contributed by atoms with Gasteiger partial charge in [0.25, 0.3) is 0 Å². The van der Waals surface area contributed by atoms with Crippen molar-refractivity contribution in [3.63, 3.8) is 0 Å². The Balaban J connectivity index is 1.41. The van der Waals surface area contributed by atoms with Gasteiger partial charge in [-0.15, -0.1) is 0 Å². The molecule has 0 aromatic heterocycles. The highest BCUT2D eigenvalue weighted by molar-refractivity contribution is 7.89. The fourth-order valence-electron chi connectivity index (χ4n) is 3.44. The van der Waals surface area contributed by atoms with Gasteiger partial charge in [-0.1, -0.05) is 12.1 Å². The van der Waals surface area contributed by atoms with Gasteiger partial charge in [0.05, 0.1) is 4.90 Å². The first-order chi connectivity index (χ1) is 13.9. The van der Waals surface area contributed by atoms with E-state index in [1.165, 1.54) is 19.2 Å².